The Hall–Kier alpha value is -1.88. The number of aromatic nitrogens is 3. The molecule has 0 spiro atoms. The molecule has 4 N–H and O–H groups in total. The quantitative estimate of drug-likeness (QED) is 0.753. The average Bonchev–Trinajstić information content (AvgIpc) is 2.82. The van der Waals surface area contributed by atoms with Gasteiger partial charge < -0.3 is 16.0 Å². The van der Waals surface area contributed by atoms with Crippen LogP contribution in [0.15, 0.2) is 30.7 Å². The van der Waals surface area contributed by atoms with Crippen molar-refractivity contribution in [1.82, 2.24) is 15.0 Å². The third-order valence-corrected chi connectivity index (χ3v) is 2.78. The van der Waals surface area contributed by atoms with Gasteiger partial charge in [-0.15, -0.1) is 0 Å². The minimum absolute atomic E-state index is 0.0945. The van der Waals surface area contributed by atoms with Gasteiger partial charge in [-0.2, -0.15) is 0 Å². The number of hydrogen-bond donors (Lipinski definition) is 3. The van der Waals surface area contributed by atoms with Crippen LogP contribution < -0.4 is 11.1 Å². The molecule has 0 saturated carbocycles. The zero-order chi connectivity index (χ0) is 13.0. The smallest absolute Gasteiger partial charge is 0.223 e. The molecule has 0 aliphatic carbocycles. The number of rotatable bonds is 5. The molecule has 2 aromatic rings. The van der Waals surface area contributed by atoms with Gasteiger partial charge in [0, 0.05) is 35.4 Å². The first-order valence-corrected chi connectivity index (χ1v) is 6.05. The average molecular weight is 245 g/mol. The van der Waals surface area contributed by atoms with Gasteiger partial charge >= 0.3 is 0 Å². The van der Waals surface area contributed by atoms with Gasteiger partial charge in [-0.05, 0) is 38.9 Å². The Kier molecular flexibility index (Phi) is 3.62. The molecular formula is C13H19N5. The number of hydrogen-bond acceptors (Lipinski definition) is 4. The Morgan fingerprint density at radius 1 is 1.33 bits per heavy atom. The number of nitrogens with one attached hydrogen (secondary N) is 2. The van der Waals surface area contributed by atoms with Gasteiger partial charge in [0.1, 0.15) is 0 Å². The molecule has 2 heterocycles. The van der Waals surface area contributed by atoms with Gasteiger partial charge in [0.05, 0.1) is 0 Å². The van der Waals surface area contributed by atoms with Crippen molar-refractivity contribution in [3.63, 3.8) is 0 Å². The topological polar surface area (TPSA) is 79.6 Å². The van der Waals surface area contributed by atoms with E-state index in [0.29, 0.717) is 12.5 Å². The number of H-pyrrole nitrogens is 1. The Labute approximate surface area is 107 Å². The molecule has 2 rings (SSSR count). The van der Waals surface area contributed by atoms with Crippen molar-refractivity contribution in [2.24, 2.45) is 5.73 Å². The van der Waals surface area contributed by atoms with E-state index in [4.69, 9.17) is 5.73 Å². The predicted octanol–water partition coefficient (Wildman–Crippen LogP) is 2.01. The van der Waals surface area contributed by atoms with E-state index >= 15 is 0 Å². The fourth-order valence-corrected chi connectivity index (χ4v) is 1.77. The first-order chi connectivity index (χ1) is 8.61. The normalized spacial score (nSPS) is 11.5. The Morgan fingerprint density at radius 3 is 2.61 bits per heavy atom. The lowest BCUT2D eigenvalue weighted by Gasteiger charge is -2.25. The lowest BCUT2D eigenvalue weighted by atomic mass is 10.0. The SMILES string of the molecule is CC(C)(CCN)Nc1ncc(-c2ccc[nH]2)cn1. The highest BCUT2D eigenvalue weighted by molar-refractivity contribution is 5.57. The van der Waals surface area contributed by atoms with Gasteiger partial charge in [0.2, 0.25) is 5.95 Å². The van der Waals surface area contributed by atoms with Crippen LogP contribution in [0.25, 0.3) is 11.3 Å². The molecule has 0 bridgehead atoms. The second kappa shape index (κ2) is 5.18. The Morgan fingerprint density at radius 2 is 2.06 bits per heavy atom. The second-order valence-corrected chi connectivity index (χ2v) is 4.93. The van der Waals surface area contributed by atoms with E-state index in [1.165, 1.54) is 0 Å². The summed E-state index contributed by atoms with van der Waals surface area (Å²) >= 11 is 0. The van der Waals surface area contributed by atoms with Crippen LogP contribution in [0.2, 0.25) is 0 Å². The maximum Gasteiger partial charge on any atom is 0.223 e. The Bertz CT molecular complexity index is 473. The fourth-order valence-electron chi connectivity index (χ4n) is 1.77. The molecular weight excluding hydrogens is 226 g/mol. The van der Waals surface area contributed by atoms with Crippen LogP contribution in [-0.2, 0) is 0 Å². The van der Waals surface area contributed by atoms with E-state index in [1.807, 2.05) is 18.3 Å². The first kappa shape index (κ1) is 12.6. The van der Waals surface area contributed by atoms with E-state index in [2.05, 4.69) is 34.1 Å². The number of anilines is 1. The van der Waals surface area contributed by atoms with E-state index in [1.54, 1.807) is 12.4 Å². The first-order valence-electron chi connectivity index (χ1n) is 6.05. The van der Waals surface area contributed by atoms with Crippen molar-refractivity contribution in [2.45, 2.75) is 25.8 Å². The molecule has 5 heteroatoms. The van der Waals surface area contributed by atoms with Crippen molar-refractivity contribution in [2.75, 3.05) is 11.9 Å². The summed E-state index contributed by atoms with van der Waals surface area (Å²) in [6.45, 7) is 4.81. The van der Waals surface area contributed by atoms with Crippen LogP contribution in [0.3, 0.4) is 0 Å². The summed E-state index contributed by atoms with van der Waals surface area (Å²) in [7, 11) is 0. The van der Waals surface area contributed by atoms with Crippen LogP contribution in [0.4, 0.5) is 5.95 Å². The van der Waals surface area contributed by atoms with Crippen molar-refractivity contribution >= 4 is 5.95 Å². The molecule has 2 aromatic heterocycles. The predicted molar refractivity (Wildman–Crippen MR) is 73.2 cm³/mol. The fraction of sp³-hybridized carbons (Fsp3) is 0.385. The molecule has 18 heavy (non-hydrogen) atoms. The summed E-state index contributed by atoms with van der Waals surface area (Å²) in [5, 5.41) is 3.28. The summed E-state index contributed by atoms with van der Waals surface area (Å²) in [6.07, 6.45) is 6.36. The van der Waals surface area contributed by atoms with E-state index in [0.717, 1.165) is 17.7 Å². The molecule has 0 aliphatic rings. The summed E-state index contributed by atoms with van der Waals surface area (Å²) in [5.41, 5.74) is 7.47. The van der Waals surface area contributed by atoms with Gasteiger partial charge in [0.25, 0.3) is 0 Å². The highest BCUT2D eigenvalue weighted by atomic mass is 15.1. The zero-order valence-corrected chi connectivity index (χ0v) is 10.8. The summed E-state index contributed by atoms with van der Waals surface area (Å²) in [5.74, 6) is 0.628. The summed E-state index contributed by atoms with van der Waals surface area (Å²) < 4.78 is 0. The zero-order valence-electron chi connectivity index (χ0n) is 10.8. The molecule has 0 aliphatic heterocycles. The molecule has 0 atom stereocenters. The van der Waals surface area contributed by atoms with Gasteiger partial charge in [-0.3, -0.25) is 0 Å². The van der Waals surface area contributed by atoms with Gasteiger partial charge in [-0.1, -0.05) is 0 Å². The molecule has 96 valence electrons. The maximum atomic E-state index is 5.57. The van der Waals surface area contributed by atoms with E-state index in [9.17, 15) is 0 Å². The highest BCUT2D eigenvalue weighted by Gasteiger charge is 2.17. The van der Waals surface area contributed by atoms with Crippen LogP contribution in [0.1, 0.15) is 20.3 Å². The van der Waals surface area contributed by atoms with Crippen LogP contribution in [0, 0.1) is 0 Å². The summed E-state index contributed by atoms with van der Waals surface area (Å²) in [6, 6.07) is 3.94. The second-order valence-electron chi connectivity index (χ2n) is 4.93. The lowest BCUT2D eigenvalue weighted by molar-refractivity contribution is 0.522. The largest absolute Gasteiger partial charge is 0.361 e. The minimum atomic E-state index is -0.0945. The van der Waals surface area contributed by atoms with Crippen molar-refractivity contribution in [1.29, 1.82) is 0 Å². The highest BCUT2D eigenvalue weighted by Crippen LogP contribution is 2.17. The van der Waals surface area contributed by atoms with Crippen LogP contribution in [0.5, 0.6) is 0 Å². The van der Waals surface area contributed by atoms with Crippen molar-refractivity contribution < 1.29 is 0 Å². The van der Waals surface area contributed by atoms with Crippen molar-refractivity contribution in [3.8, 4) is 11.3 Å². The van der Waals surface area contributed by atoms with E-state index < -0.39 is 0 Å². The molecule has 0 aromatic carbocycles. The third kappa shape index (κ3) is 3.07. The Balaban J connectivity index is 2.09. The number of aromatic amines is 1. The molecule has 0 amide bonds. The molecule has 5 nitrogen and oxygen atoms in total. The standard InChI is InChI=1S/C13H19N5/c1-13(2,5-6-14)18-12-16-8-10(9-17-12)11-4-3-7-15-11/h3-4,7-9,15H,5-6,14H2,1-2H3,(H,16,17,18). The monoisotopic (exact) mass is 245 g/mol. The van der Waals surface area contributed by atoms with Gasteiger partial charge in [0.15, 0.2) is 0 Å². The summed E-state index contributed by atoms with van der Waals surface area (Å²) in [4.78, 5) is 11.8. The number of nitrogens with two attached hydrogens (primary N) is 1. The minimum Gasteiger partial charge on any atom is -0.361 e. The number of nitrogens with zero attached hydrogens (tertiary/aromatic N) is 2. The molecule has 0 fully saturated rings. The third-order valence-electron chi connectivity index (χ3n) is 2.78. The van der Waals surface area contributed by atoms with Gasteiger partial charge in [-0.25, -0.2) is 9.97 Å². The van der Waals surface area contributed by atoms with Crippen LogP contribution in [-0.4, -0.2) is 27.0 Å². The van der Waals surface area contributed by atoms with Crippen LogP contribution >= 0.6 is 0 Å². The van der Waals surface area contributed by atoms with E-state index in [-0.39, 0.29) is 5.54 Å². The van der Waals surface area contributed by atoms with Crippen molar-refractivity contribution in [3.05, 3.63) is 30.7 Å². The molecule has 0 unspecified atom stereocenters. The molecule has 0 saturated heterocycles. The molecule has 0 radical (unpaired) electrons. The maximum absolute atomic E-state index is 5.57. The lowest BCUT2D eigenvalue weighted by Crippen LogP contribution is -2.34.